The largest absolute Gasteiger partial charge is 0.383 e. The predicted octanol–water partition coefficient (Wildman–Crippen LogP) is 3.67. The van der Waals surface area contributed by atoms with Gasteiger partial charge in [-0.2, -0.15) is 0 Å². The number of carbonyl (C=O) groups excluding carboxylic acids is 2. The third-order valence-corrected chi connectivity index (χ3v) is 7.67. The van der Waals surface area contributed by atoms with Gasteiger partial charge in [-0.15, -0.1) is 11.3 Å². The summed E-state index contributed by atoms with van der Waals surface area (Å²) in [6, 6.07) is 11.8. The summed E-state index contributed by atoms with van der Waals surface area (Å²) in [5, 5.41) is 5.20. The lowest BCUT2D eigenvalue weighted by Crippen LogP contribution is -2.49. The summed E-state index contributed by atoms with van der Waals surface area (Å²) in [4.78, 5) is 32.3. The van der Waals surface area contributed by atoms with E-state index in [1.165, 1.54) is 19.3 Å². The van der Waals surface area contributed by atoms with E-state index < -0.39 is 5.92 Å². The fourth-order valence-corrected chi connectivity index (χ4v) is 5.88. The number of methoxy groups -OCH3 is 1. The quantitative estimate of drug-likeness (QED) is 0.660. The Labute approximate surface area is 194 Å². The Balaban J connectivity index is 1.59. The molecule has 2 aromatic rings. The maximum atomic E-state index is 13.6. The molecule has 1 N–H and O–H groups in total. The summed E-state index contributed by atoms with van der Waals surface area (Å²) < 4.78 is 5.29. The van der Waals surface area contributed by atoms with Crippen molar-refractivity contribution in [2.75, 3.05) is 39.9 Å². The molecule has 3 atom stereocenters. The number of piperidine rings is 1. The van der Waals surface area contributed by atoms with E-state index in [9.17, 15) is 9.59 Å². The standard InChI is InChI=1S/C25H33N3O3S/c1-18-8-5-6-13-27(18)14-12-26-24(29)22-19-9-3-4-10-20(19)25(30)28(15-16-31-2)23(22)21-11-7-17-32-21/h3-4,7,9-11,17-18,22-23H,5-6,8,12-16H2,1-2H3,(H,26,29)/t18-,22+,23+/m1/s1. The number of hydrogen-bond donors (Lipinski definition) is 1. The van der Waals surface area contributed by atoms with Crippen LogP contribution in [0.25, 0.3) is 0 Å². The highest BCUT2D eigenvalue weighted by Gasteiger charge is 2.44. The van der Waals surface area contributed by atoms with Crippen molar-refractivity contribution in [1.29, 1.82) is 0 Å². The summed E-state index contributed by atoms with van der Waals surface area (Å²) in [7, 11) is 1.63. The van der Waals surface area contributed by atoms with Gasteiger partial charge in [0.25, 0.3) is 5.91 Å². The molecule has 1 saturated heterocycles. The summed E-state index contributed by atoms with van der Waals surface area (Å²) in [6.07, 6.45) is 3.74. The summed E-state index contributed by atoms with van der Waals surface area (Å²) in [5.41, 5.74) is 1.43. The fraction of sp³-hybridized carbons (Fsp3) is 0.520. The van der Waals surface area contributed by atoms with E-state index >= 15 is 0 Å². The number of rotatable bonds is 8. The van der Waals surface area contributed by atoms with Crippen molar-refractivity contribution in [3.05, 3.63) is 57.8 Å². The van der Waals surface area contributed by atoms with Gasteiger partial charge in [0.1, 0.15) is 0 Å². The van der Waals surface area contributed by atoms with Gasteiger partial charge in [0.05, 0.1) is 18.6 Å². The number of nitrogens with one attached hydrogen (secondary N) is 1. The first-order chi connectivity index (χ1) is 15.6. The number of likely N-dealkylation sites (tertiary alicyclic amines) is 1. The molecule has 0 radical (unpaired) electrons. The minimum absolute atomic E-state index is 0.0181. The van der Waals surface area contributed by atoms with Crippen LogP contribution in [0, 0.1) is 0 Å². The van der Waals surface area contributed by atoms with E-state index in [4.69, 9.17) is 4.74 Å². The minimum atomic E-state index is -0.446. The maximum Gasteiger partial charge on any atom is 0.254 e. The lowest BCUT2D eigenvalue weighted by atomic mass is 9.81. The molecule has 172 valence electrons. The van der Waals surface area contributed by atoms with Crippen molar-refractivity contribution in [3.8, 4) is 0 Å². The van der Waals surface area contributed by atoms with Crippen molar-refractivity contribution < 1.29 is 14.3 Å². The van der Waals surface area contributed by atoms with Crippen LogP contribution in [0.15, 0.2) is 41.8 Å². The molecule has 1 fully saturated rings. The van der Waals surface area contributed by atoms with E-state index in [2.05, 4.69) is 17.1 Å². The van der Waals surface area contributed by atoms with Crippen LogP contribution in [-0.2, 0) is 9.53 Å². The molecule has 1 aromatic heterocycles. The Kier molecular flexibility index (Phi) is 7.60. The number of amides is 2. The van der Waals surface area contributed by atoms with Crippen LogP contribution in [0.4, 0.5) is 0 Å². The second kappa shape index (κ2) is 10.6. The van der Waals surface area contributed by atoms with Gasteiger partial charge in [-0.25, -0.2) is 0 Å². The van der Waals surface area contributed by atoms with Gasteiger partial charge < -0.3 is 15.0 Å². The number of fused-ring (bicyclic) bond motifs is 1. The number of nitrogens with zero attached hydrogens (tertiary/aromatic N) is 2. The minimum Gasteiger partial charge on any atom is -0.383 e. The first kappa shape index (κ1) is 23.0. The first-order valence-corrected chi connectivity index (χ1v) is 12.4. The molecular formula is C25H33N3O3S. The lowest BCUT2D eigenvalue weighted by Gasteiger charge is -2.41. The first-order valence-electron chi connectivity index (χ1n) is 11.6. The van der Waals surface area contributed by atoms with E-state index in [-0.39, 0.29) is 17.9 Å². The normalized spacial score (nSPS) is 23.8. The van der Waals surface area contributed by atoms with Crippen LogP contribution in [0.3, 0.4) is 0 Å². The zero-order valence-corrected chi connectivity index (χ0v) is 19.8. The average Bonchev–Trinajstić information content (AvgIpc) is 3.34. The zero-order valence-electron chi connectivity index (χ0n) is 19.0. The monoisotopic (exact) mass is 455 g/mol. The van der Waals surface area contributed by atoms with Crippen molar-refractivity contribution in [3.63, 3.8) is 0 Å². The Morgan fingerprint density at radius 2 is 2.03 bits per heavy atom. The van der Waals surface area contributed by atoms with Crippen LogP contribution < -0.4 is 5.32 Å². The second-order valence-electron chi connectivity index (χ2n) is 8.69. The smallest absolute Gasteiger partial charge is 0.254 e. The van der Waals surface area contributed by atoms with Gasteiger partial charge in [0.2, 0.25) is 5.91 Å². The Morgan fingerprint density at radius 3 is 2.78 bits per heavy atom. The van der Waals surface area contributed by atoms with Crippen molar-refractivity contribution in [2.24, 2.45) is 0 Å². The lowest BCUT2D eigenvalue weighted by molar-refractivity contribution is -0.124. The summed E-state index contributed by atoms with van der Waals surface area (Å²) in [5.74, 6) is -0.504. The molecule has 7 heteroatoms. The fourth-order valence-electron chi connectivity index (χ4n) is 5.01. The van der Waals surface area contributed by atoms with Gasteiger partial charge >= 0.3 is 0 Å². The third-order valence-electron chi connectivity index (χ3n) is 6.73. The zero-order chi connectivity index (χ0) is 22.5. The van der Waals surface area contributed by atoms with Gasteiger partial charge in [-0.1, -0.05) is 30.7 Å². The highest BCUT2D eigenvalue weighted by atomic mass is 32.1. The molecule has 0 saturated carbocycles. The van der Waals surface area contributed by atoms with Gasteiger partial charge in [-0.3, -0.25) is 14.5 Å². The van der Waals surface area contributed by atoms with Crippen molar-refractivity contribution in [1.82, 2.24) is 15.1 Å². The van der Waals surface area contributed by atoms with Crippen LogP contribution in [-0.4, -0.2) is 67.6 Å². The van der Waals surface area contributed by atoms with Crippen molar-refractivity contribution in [2.45, 2.75) is 44.2 Å². The Bertz CT molecular complexity index is 917. The molecule has 0 spiro atoms. The predicted molar refractivity (Wildman–Crippen MR) is 127 cm³/mol. The van der Waals surface area contributed by atoms with Crippen LogP contribution in [0.2, 0.25) is 0 Å². The van der Waals surface area contributed by atoms with Gasteiger partial charge in [0, 0.05) is 43.2 Å². The highest BCUT2D eigenvalue weighted by molar-refractivity contribution is 7.10. The molecule has 2 aliphatic rings. The molecule has 2 amide bonds. The SMILES string of the molecule is COCCN1C(=O)c2ccccc2[C@H](C(=O)NCCN2CCCC[C@H]2C)[C@@H]1c1cccs1. The molecule has 0 aliphatic carbocycles. The van der Waals surface area contributed by atoms with Gasteiger partial charge in [-0.05, 0) is 49.4 Å². The topological polar surface area (TPSA) is 61.9 Å². The number of benzene rings is 1. The van der Waals surface area contributed by atoms with E-state index in [0.717, 1.165) is 23.5 Å². The van der Waals surface area contributed by atoms with Gasteiger partial charge in [0.15, 0.2) is 0 Å². The molecule has 4 rings (SSSR count). The molecule has 3 heterocycles. The second-order valence-corrected chi connectivity index (χ2v) is 9.67. The Hall–Kier alpha value is -2.22. The molecule has 2 aliphatic heterocycles. The van der Waals surface area contributed by atoms with Crippen LogP contribution in [0.1, 0.15) is 58.9 Å². The highest BCUT2D eigenvalue weighted by Crippen LogP contribution is 2.44. The van der Waals surface area contributed by atoms with E-state index in [0.29, 0.717) is 31.3 Å². The van der Waals surface area contributed by atoms with Crippen LogP contribution >= 0.6 is 11.3 Å². The number of ether oxygens (including phenoxy) is 1. The third kappa shape index (κ3) is 4.75. The molecule has 6 nitrogen and oxygen atoms in total. The summed E-state index contributed by atoms with van der Waals surface area (Å²) >= 11 is 1.59. The molecule has 0 unspecified atom stereocenters. The molecule has 32 heavy (non-hydrogen) atoms. The van der Waals surface area contributed by atoms with Crippen LogP contribution in [0.5, 0.6) is 0 Å². The average molecular weight is 456 g/mol. The molecular weight excluding hydrogens is 422 g/mol. The van der Waals surface area contributed by atoms with E-state index in [1.54, 1.807) is 18.4 Å². The molecule has 0 bridgehead atoms. The molecule has 1 aromatic carbocycles. The Morgan fingerprint density at radius 1 is 1.19 bits per heavy atom. The van der Waals surface area contributed by atoms with Crippen molar-refractivity contribution >= 4 is 23.2 Å². The number of thiophene rings is 1. The number of hydrogen-bond acceptors (Lipinski definition) is 5. The maximum absolute atomic E-state index is 13.6. The number of carbonyl (C=O) groups is 2. The van der Waals surface area contributed by atoms with E-state index in [1.807, 2.05) is 46.7 Å². The summed E-state index contributed by atoms with van der Waals surface area (Å²) in [6.45, 7) is 5.71.